The van der Waals surface area contributed by atoms with Crippen LogP contribution in [0.15, 0.2) is 71.7 Å². The molecule has 0 spiro atoms. The smallest absolute Gasteiger partial charge is 0.189 e. The van der Waals surface area contributed by atoms with Gasteiger partial charge in [0.15, 0.2) is 5.90 Å². The number of hydrogen-bond donors (Lipinski definition) is 0. The molecule has 1 aliphatic rings. The SMILES string of the molecule is CC(C)(C)C1=NC[C@H](/C=C/c2ccccc2)[C@@H](c2ccccc2)O1. The molecule has 0 unspecified atom stereocenters. The number of aliphatic imine (C=N–C) groups is 1. The molecular weight excluding hydrogens is 294 g/mol. The van der Waals surface area contributed by atoms with E-state index in [9.17, 15) is 0 Å². The van der Waals surface area contributed by atoms with Crippen molar-refractivity contribution >= 4 is 12.0 Å². The summed E-state index contributed by atoms with van der Waals surface area (Å²) in [4.78, 5) is 4.71. The second kappa shape index (κ2) is 7.04. The first-order valence-electron chi connectivity index (χ1n) is 8.54. The Labute approximate surface area is 144 Å². The highest BCUT2D eigenvalue weighted by atomic mass is 16.5. The number of nitrogens with zero attached hydrogens (tertiary/aromatic N) is 1. The van der Waals surface area contributed by atoms with E-state index < -0.39 is 0 Å². The van der Waals surface area contributed by atoms with Crippen LogP contribution in [0.4, 0.5) is 0 Å². The normalized spacial score (nSPS) is 21.4. The minimum Gasteiger partial charge on any atom is -0.472 e. The molecule has 0 radical (unpaired) electrons. The van der Waals surface area contributed by atoms with Crippen LogP contribution in [0.25, 0.3) is 6.08 Å². The van der Waals surface area contributed by atoms with Crippen LogP contribution in [0.3, 0.4) is 0 Å². The second-order valence-corrected chi connectivity index (χ2v) is 7.28. The largest absolute Gasteiger partial charge is 0.472 e. The van der Waals surface area contributed by atoms with E-state index in [4.69, 9.17) is 9.73 Å². The Balaban J connectivity index is 1.88. The summed E-state index contributed by atoms with van der Waals surface area (Å²) in [7, 11) is 0. The molecule has 2 nitrogen and oxygen atoms in total. The molecule has 0 fully saturated rings. The van der Waals surface area contributed by atoms with Gasteiger partial charge in [-0.15, -0.1) is 0 Å². The van der Waals surface area contributed by atoms with E-state index >= 15 is 0 Å². The average molecular weight is 319 g/mol. The fourth-order valence-electron chi connectivity index (χ4n) is 2.86. The van der Waals surface area contributed by atoms with E-state index in [1.54, 1.807) is 0 Å². The van der Waals surface area contributed by atoms with Gasteiger partial charge in [0.1, 0.15) is 6.10 Å². The van der Waals surface area contributed by atoms with E-state index in [-0.39, 0.29) is 17.4 Å². The molecular formula is C22H25NO. The van der Waals surface area contributed by atoms with Crippen molar-refractivity contribution in [3.8, 4) is 0 Å². The molecule has 0 aromatic heterocycles. The number of rotatable bonds is 3. The standard InChI is InChI=1S/C22H25NO/c1-22(2,3)21-23-16-19(15-14-17-10-6-4-7-11-17)20(24-21)18-12-8-5-9-13-18/h4-15,19-20H,16H2,1-3H3/b15-14+/t19-,20+/m0/s1. The molecule has 1 aliphatic heterocycles. The van der Waals surface area contributed by atoms with Crippen LogP contribution < -0.4 is 0 Å². The lowest BCUT2D eigenvalue weighted by Crippen LogP contribution is -2.33. The Morgan fingerprint density at radius 2 is 1.58 bits per heavy atom. The third kappa shape index (κ3) is 3.94. The van der Waals surface area contributed by atoms with Gasteiger partial charge in [-0.25, -0.2) is 0 Å². The second-order valence-electron chi connectivity index (χ2n) is 7.28. The van der Waals surface area contributed by atoms with E-state index in [1.807, 2.05) is 12.1 Å². The molecule has 124 valence electrons. The van der Waals surface area contributed by atoms with Gasteiger partial charge in [-0.05, 0) is 11.1 Å². The third-order valence-electron chi connectivity index (χ3n) is 4.18. The van der Waals surface area contributed by atoms with Crippen LogP contribution in [0.2, 0.25) is 0 Å². The van der Waals surface area contributed by atoms with Gasteiger partial charge in [0.25, 0.3) is 0 Å². The molecule has 2 aromatic rings. The lowest BCUT2D eigenvalue weighted by Gasteiger charge is -2.34. The molecule has 1 heterocycles. The summed E-state index contributed by atoms with van der Waals surface area (Å²) < 4.78 is 6.34. The number of ether oxygens (including phenoxy) is 1. The van der Waals surface area contributed by atoms with E-state index in [2.05, 4.69) is 81.5 Å². The first-order valence-corrected chi connectivity index (χ1v) is 8.54. The summed E-state index contributed by atoms with van der Waals surface area (Å²) in [6.45, 7) is 7.20. The van der Waals surface area contributed by atoms with Crippen molar-refractivity contribution in [1.82, 2.24) is 0 Å². The maximum Gasteiger partial charge on any atom is 0.189 e. The quantitative estimate of drug-likeness (QED) is 0.728. The van der Waals surface area contributed by atoms with Gasteiger partial charge in [-0.1, -0.05) is 93.6 Å². The van der Waals surface area contributed by atoms with Crippen molar-refractivity contribution in [3.05, 3.63) is 77.9 Å². The van der Waals surface area contributed by atoms with Crippen molar-refractivity contribution in [2.75, 3.05) is 6.54 Å². The highest BCUT2D eigenvalue weighted by molar-refractivity contribution is 5.82. The predicted molar refractivity (Wildman–Crippen MR) is 101 cm³/mol. The van der Waals surface area contributed by atoms with Gasteiger partial charge in [0.2, 0.25) is 0 Å². The van der Waals surface area contributed by atoms with E-state index in [0.717, 1.165) is 12.4 Å². The molecule has 0 N–H and O–H groups in total. The fraction of sp³-hybridized carbons (Fsp3) is 0.318. The Morgan fingerprint density at radius 1 is 0.958 bits per heavy atom. The minimum atomic E-state index is -0.0683. The summed E-state index contributed by atoms with van der Waals surface area (Å²) >= 11 is 0. The van der Waals surface area contributed by atoms with Crippen molar-refractivity contribution < 1.29 is 4.74 Å². The Hall–Kier alpha value is -2.35. The molecule has 0 saturated carbocycles. The minimum absolute atomic E-state index is 0.0119. The van der Waals surface area contributed by atoms with Crippen LogP contribution in [0.1, 0.15) is 38.0 Å². The highest BCUT2D eigenvalue weighted by Gasteiger charge is 2.33. The van der Waals surface area contributed by atoms with Gasteiger partial charge in [-0.3, -0.25) is 4.99 Å². The molecule has 2 heteroatoms. The van der Waals surface area contributed by atoms with Crippen LogP contribution in [-0.2, 0) is 4.74 Å². The summed E-state index contributed by atoms with van der Waals surface area (Å²) in [5, 5.41) is 0. The van der Waals surface area contributed by atoms with Gasteiger partial charge < -0.3 is 4.74 Å². The number of hydrogen-bond acceptors (Lipinski definition) is 2. The lowest BCUT2D eigenvalue weighted by atomic mass is 9.90. The number of benzene rings is 2. The Kier molecular flexibility index (Phi) is 4.84. The first kappa shape index (κ1) is 16.5. The van der Waals surface area contributed by atoms with Gasteiger partial charge in [-0.2, -0.15) is 0 Å². The van der Waals surface area contributed by atoms with Gasteiger partial charge >= 0.3 is 0 Å². The summed E-state index contributed by atoms with van der Waals surface area (Å²) in [6, 6.07) is 20.8. The van der Waals surface area contributed by atoms with Crippen molar-refractivity contribution in [2.24, 2.45) is 16.3 Å². The predicted octanol–water partition coefficient (Wildman–Crippen LogP) is 5.53. The molecule has 2 aromatic carbocycles. The zero-order chi connectivity index (χ0) is 17.0. The van der Waals surface area contributed by atoms with Gasteiger partial charge in [0.05, 0.1) is 6.54 Å². The molecule has 0 amide bonds. The molecule has 0 bridgehead atoms. The summed E-state index contributed by atoms with van der Waals surface area (Å²) in [6.07, 6.45) is 4.41. The Morgan fingerprint density at radius 3 is 2.21 bits per heavy atom. The van der Waals surface area contributed by atoms with Crippen molar-refractivity contribution in [1.29, 1.82) is 0 Å². The van der Waals surface area contributed by atoms with E-state index in [0.29, 0.717) is 0 Å². The van der Waals surface area contributed by atoms with Crippen LogP contribution in [0.5, 0.6) is 0 Å². The maximum absolute atomic E-state index is 6.34. The topological polar surface area (TPSA) is 21.6 Å². The highest BCUT2D eigenvalue weighted by Crippen LogP contribution is 2.35. The van der Waals surface area contributed by atoms with Crippen LogP contribution >= 0.6 is 0 Å². The molecule has 3 rings (SSSR count). The maximum atomic E-state index is 6.34. The summed E-state index contributed by atoms with van der Waals surface area (Å²) in [5.74, 6) is 1.08. The average Bonchev–Trinajstić information content (AvgIpc) is 2.61. The molecule has 0 aliphatic carbocycles. The molecule has 24 heavy (non-hydrogen) atoms. The van der Waals surface area contributed by atoms with Crippen LogP contribution in [0, 0.1) is 11.3 Å². The van der Waals surface area contributed by atoms with Crippen molar-refractivity contribution in [3.63, 3.8) is 0 Å². The third-order valence-corrected chi connectivity index (χ3v) is 4.18. The van der Waals surface area contributed by atoms with E-state index in [1.165, 1.54) is 11.1 Å². The zero-order valence-electron chi connectivity index (χ0n) is 14.6. The molecule has 2 atom stereocenters. The molecule has 0 saturated heterocycles. The van der Waals surface area contributed by atoms with Crippen LogP contribution in [-0.4, -0.2) is 12.4 Å². The zero-order valence-corrected chi connectivity index (χ0v) is 14.6. The Bertz CT molecular complexity index is 711. The summed E-state index contributed by atoms with van der Waals surface area (Å²) in [5.41, 5.74) is 2.34. The first-order chi connectivity index (χ1) is 11.5. The lowest BCUT2D eigenvalue weighted by molar-refractivity contribution is 0.112. The van der Waals surface area contributed by atoms with Gasteiger partial charge in [0, 0.05) is 11.3 Å². The monoisotopic (exact) mass is 319 g/mol. The van der Waals surface area contributed by atoms with Crippen molar-refractivity contribution in [2.45, 2.75) is 26.9 Å². The fourth-order valence-corrected chi connectivity index (χ4v) is 2.86.